The molecule has 0 saturated carbocycles. The van der Waals surface area contributed by atoms with Crippen molar-refractivity contribution < 1.29 is 19.7 Å². The van der Waals surface area contributed by atoms with Gasteiger partial charge in [-0.1, -0.05) is 0 Å². The van der Waals surface area contributed by atoms with Gasteiger partial charge in [-0.25, -0.2) is 0 Å². The second-order valence-electron chi connectivity index (χ2n) is 2.12. The van der Waals surface area contributed by atoms with Crippen LogP contribution in [0.1, 0.15) is 6.92 Å². The molecule has 1 atom stereocenters. The first kappa shape index (κ1) is 11.1. The van der Waals surface area contributed by atoms with Crippen molar-refractivity contribution >= 4 is 12.2 Å². The maximum absolute atomic E-state index is 10.7. The van der Waals surface area contributed by atoms with Gasteiger partial charge in [-0.05, 0) is 13.1 Å². The molecule has 0 bridgehead atoms. The third kappa shape index (κ3) is 5.82. The van der Waals surface area contributed by atoms with Gasteiger partial charge >= 0.3 is 5.97 Å². The Hall–Kier alpha value is -0.940. The summed E-state index contributed by atoms with van der Waals surface area (Å²) in [6.07, 6.45) is 0.489. The van der Waals surface area contributed by atoms with Gasteiger partial charge < -0.3 is 14.9 Å². The van der Waals surface area contributed by atoms with Gasteiger partial charge in [-0.15, -0.1) is 0 Å². The zero-order valence-corrected chi connectivity index (χ0v) is 6.93. The lowest BCUT2D eigenvalue weighted by atomic mass is 10.4. The lowest BCUT2D eigenvalue weighted by Gasteiger charge is -2.06. The molecule has 0 aliphatic rings. The lowest BCUT2D eigenvalue weighted by Crippen LogP contribution is -2.22. The third-order valence-corrected chi connectivity index (χ3v) is 1.05. The van der Waals surface area contributed by atoms with E-state index in [9.17, 15) is 4.79 Å². The van der Waals surface area contributed by atoms with E-state index in [0.29, 0.717) is 0 Å². The maximum atomic E-state index is 10.7. The van der Waals surface area contributed by atoms with Gasteiger partial charge in [-0.3, -0.25) is 9.79 Å². The Labute approximate surface area is 70.7 Å². The Morgan fingerprint density at radius 2 is 2.42 bits per heavy atom. The first-order chi connectivity index (χ1) is 5.70. The topological polar surface area (TPSA) is 79.1 Å². The lowest BCUT2D eigenvalue weighted by molar-refractivity contribution is -0.145. The molecule has 5 nitrogen and oxygen atoms in total. The minimum atomic E-state index is -1.00. The minimum absolute atomic E-state index is 0.0470. The highest BCUT2D eigenvalue weighted by Gasteiger charge is 2.05. The van der Waals surface area contributed by atoms with Gasteiger partial charge in [0.05, 0.1) is 6.61 Å². The fraction of sp³-hybridized carbons (Fsp3) is 0.714. The third-order valence-electron chi connectivity index (χ3n) is 1.05. The summed E-state index contributed by atoms with van der Waals surface area (Å²) >= 11 is 0. The van der Waals surface area contributed by atoms with Crippen LogP contribution in [0.2, 0.25) is 0 Å². The number of hydrogen-bond donors (Lipinski definition) is 2. The van der Waals surface area contributed by atoms with E-state index in [0.717, 1.165) is 0 Å². The van der Waals surface area contributed by atoms with Crippen LogP contribution < -0.4 is 0 Å². The van der Waals surface area contributed by atoms with Crippen LogP contribution in [-0.4, -0.2) is 48.3 Å². The van der Waals surface area contributed by atoms with Crippen molar-refractivity contribution in [1.29, 1.82) is 0 Å². The van der Waals surface area contributed by atoms with Crippen LogP contribution in [0.5, 0.6) is 0 Å². The molecule has 0 aliphatic heterocycles. The number of aliphatic imine (C=N–C) groups is 1. The number of aliphatic hydroxyl groups excluding tert-OH is 2. The zero-order chi connectivity index (χ0) is 9.40. The van der Waals surface area contributed by atoms with Crippen molar-refractivity contribution in [2.45, 2.75) is 13.0 Å². The average Bonchev–Trinajstić information content (AvgIpc) is 2.10. The Balaban J connectivity index is 3.43. The molecule has 0 amide bonds. The van der Waals surface area contributed by atoms with Crippen LogP contribution in [0.25, 0.3) is 0 Å². The first-order valence-electron chi connectivity index (χ1n) is 3.59. The van der Waals surface area contributed by atoms with Gasteiger partial charge in [-0.2, -0.15) is 0 Å². The van der Waals surface area contributed by atoms with Crippen molar-refractivity contribution in [3.8, 4) is 0 Å². The molecule has 70 valence electrons. The highest BCUT2D eigenvalue weighted by Crippen LogP contribution is 1.85. The van der Waals surface area contributed by atoms with E-state index < -0.39 is 18.7 Å². The predicted molar refractivity (Wildman–Crippen MR) is 43.1 cm³/mol. The predicted octanol–water partition coefficient (Wildman–Crippen LogP) is -1.03. The normalized spacial score (nSPS) is 13.2. The van der Waals surface area contributed by atoms with Gasteiger partial charge in [0.1, 0.15) is 19.3 Å². The summed E-state index contributed by atoms with van der Waals surface area (Å²) in [7, 11) is 0. The highest BCUT2D eigenvalue weighted by atomic mass is 16.5. The summed E-state index contributed by atoms with van der Waals surface area (Å²) in [5.41, 5.74) is 0. The number of esters is 1. The Kier molecular flexibility index (Phi) is 6.22. The second kappa shape index (κ2) is 6.75. The van der Waals surface area contributed by atoms with E-state index in [1.165, 1.54) is 6.21 Å². The molecular formula is C7H13NO4. The number of carbonyl (C=O) groups excluding carboxylic acids is 1. The van der Waals surface area contributed by atoms with Gasteiger partial charge in [0.2, 0.25) is 0 Å². The van der Waals surface area contributed by atoms with Gasteiger partial charge in [0.15, 0.2) is 0 Å². The highest BCUT2D eigenvalue weighted by molar-refractivity contribution is 5.73. The molecule has 0 aromatic heterocycles. The fourth-order valence-corrected chi connectivity index (χ4v) is 0.453. The molecule has 0 aromatic rings. The Morgan fingerprint density at radius 3 is 2.92 bits per heavy atom. The van der Waals surface area contributed by atoms with Crippen molar-refractivity contribution in [1.82, 2.24) is 0 Å². The molecule has 0 spiro atoms. The Bertz CT molecular complexity index is 157. The van der Waals surface area contributed by atoms with Crippen LogP contribution in [0.15, 0.2) is 4.99 Å². The van der Waals surface area contributed by atoms with E-state index in [1.807, 2.05) is 0 Å². The van der Waals surface area contributed by atoms with Crippen LogP contribution in [-0.2, 0) is 9.53 Å². The SMILES string of the molecule is CC=NCC(=O)OCC(O)CO. The monoisotopic (exact) mass is 175 g/mol. The molecule has 5 heteroatoms. The zero-order valence-electron chi connectivity index (χ0n) is 6.93. The van der Waals surface area contributed by atoms with Gasteiger partial charge in [0, 0.05) is 0 Å². The fourth-order valence-electron chi connectivity index (χ4n) is 0.453. The average molecular weight is 175 g/mol. The summed E-state index contributed by atoms with van der Waals surface area (Å²) < 4.78 is 4.53. The van der Waals surface area contributed by atoms with Crippen molar-refractivity contribution in [2.75, 3.05) is 19.8 Å². The van der Waals surface area contributed by atoms with Crippen molar-refractivity contribution in [3.05, 3.63) is 0 Å². The van der Waals surface area contributed by atoms with E-state index in [2.05, 4.69) is 9.73 Å². The quantitative estimate of drug-likeness (QED) is 0.414. The molecule has 0 radical (unpaired) electrons. The number of hydrogen-bond acceptors (Lipinski definition) is 5. The van der Waals surface area contributed by atoms with Crippen molar-refractivity contribution in [2.24, 2.45) is 4.99 Å². The molecule has 2 N–H and O–H groups in total. The summed E-state index contributed by atoms with van der Waals surface area (Å²) in [6, 6.07) is 0. The number of carbonyl (C=O) groups is 1. The molecular weight excluding hydrogens is 162 g/mol. The number of rotatable bonds is 5. The van der Waals surface area contributed by atoms with E-state index in [4.69, 9.17) is 10.2 Å². The summed E-state index contributed by atoms with van der Waals surface area (Å²) in [6.45, 7) is 1.05. The maximum Gasteiger partial charge on any atom is 0.327 e. The van der Waals surface area contributed by atoms with E-state index in [-0.39, 0.29) is 13.2 Å². The summed E-state index contributed by atoms with van der Waals surface area (Å²) in [5.74, 6) is -0.513. The summed E-state index contributed by atoms with van der Waals surface area (Å²) in [5, 5.41) is 17.1. The molecule has 1 unspecified atom stereocenters. The molecule has 0 aromatic carbocycles. The van der Waals surface area contributed by atoms with Crippen LogP contribution in [0.3, 0.4) is 0 Å². The molecule has 12 heavy (non-hydrogen) atoms. The second-order valence-corrected chi connectivity index (χ2v) is 2.12. The number of nitrogens with zero attached hydrogens (tertiary/aromatic N) is 1. The molecule has 0 heterocycles. The Morgan fingerprint density at radius 1 is 1.75 bits per heavy atom. The van der Waals surface area contributed by atoms with E-state index >= 15 is 0 Å². The summed E-state index contributed by atoms with van der Waals surface area (Å²) in [4.78, 5) is 14.3. The minimum Gasteiger partial charge on any atom is -0.461 e. The molecule has 0 fully saturated rings. The molecule has 0 aliphatic carbocycles. The molecule has 0 rings (SSSR count). The van der Waals surface area contributed by atoms with Crippen LogP contribution in [0.4, 0.5) is 0 Å². The largest absolute Gasteiger partial charge is 0.461 e. The van der Waals surface area contributed by atoms with E-state index in [1.54, 1.807) is 6.92 Å². The van der Waals surface area contributed by atoms with Gasteiger partial charge in [0.25, 0.3) is 0 Å². The molecule has 0 saturated heterocycles. The number of aliphatic hydroxyl groups is 2. The van der Waals surface area contributed by atoms with Crippen LogP contribution >= 0.6 is 0 Å². The smallest absolute Gasteiger partial charge is 0.327 e. The number of ether oxygens (including phenoxy) is 1. The van der Waals surface area contributed by atoms with Crippen molar-refractivity contribution in [3.63, 3.8) is 0 Å². The van der Waals surface area contributed by atoms with Crippen LogP contribution in [0, 0.1) is 0 Å². The first-order valence-corrected chi connectivity index (χ1v) is 3.59. The standard InChI is InChI=1S/C7H13NO4/c1-2-8-3-7(11)12-5-6(10)4-9/h2,6,9-10H,3-5H2,1H3.